The lowest BCUT2D eigenvalue weighted by Crippen LogP contribution is -2.38. The Labute approximate surface area is 124 Å². The molecule has 19 heavy (non-hydrogen) atoms. The van der Waals surface area contributed by atoms with Gasteiger partial charge in [0.15, 0.2) is 0 Å². The molecule has 0 aromatic carbocycles. The molecule has 3 N–H and O–H groups in total. The van der Waals surface area contributed by atoms with Gasteiger partial charge in [0.2, 0.25) is 0 Å². The fourth-order valence-electron chi connectivity index (χ4n) is 4.16. The molecular weight excluding hydrogens is 276 g/mol. The average Bonchev–Trinajstić information content (AvgIpc) is 2.86. The third-order valence-corrected chi connectivity index (χ3v) is 6.45. The maximum atomic E-state index is 6.06. The highest BCUT2D eigenvalue weighted by atomic mass is 35.5. The Kier molecular flexibility index (Phi) is 4.47. The highest BCUT2D eigenvalue weighted by Crippen LogP contribution is 2.46. The third-order valence-electron chi connectivity index (χ3n) is 5.13. The summed E-state index contributed by atoms with van der Waals surface area (Å²) in [6.07, 6.45) is 9.82. The SMILES string of the molecule is NNC(c1ccc(Cl)s1)C1CCC2CCCCC2C1. The van der Waals surface area contributed by atoms with E-state index in [2.05, 4.69) is 11.5 Å². The molecule has 0 amide bonds. The molecule has 0 saturated heterocycles. The fraction of sp³-hybridized carbons (Fsp3) is 0.733. The second-order valence-electron chi connectivity index (χ2n) is 6.16. The van der Waals surface area contributed by atoms with E-state index < -0.39 is 0 Å². The van der Waals surface area contributed by atoms with Crippen molar-refractivity contribution < 1.29 is 0 Å². The van der Waals surface area contributed by atoms with Gasteiger partial charge in [-0.05, 0) is 49.1 Å². The van der Waals surface area contributed by atoms with E-state index in [1.54, 1.807) is 11.3 Å². The summed E-state index contributed by atoms with van der Waals surface area (Å²) in [5, 5.41) is 0. The second kappa shape index (κ2) is 6.13. The number of thiophene rings is 1. The van der Waals surface area contributed by atoms with E-state index in [0.29, 0.717) is 12.0 Å². The number of rotatable bonds is 3. The zero-order valence-electron chi connectivity index (χ0n) is 11.3. The Hall–Kier alpha value is -0.0900. The number of nitrogens with one attached hydrogen (secondary N) is 1. The Bertz CT molecular complexity index is 420. The fourth-order valence-corrected chi connectivity index (χ4v) is 5.37. The first-order chi connectivity index (χ1) is 9.28. The summed E-state index contributed by atoms with van der Waals surface area (Å²) in [4.78, 5) is 1.30. The molecule has 0 spiro atoms. The Morgan fingerprint density at radius 3 is 2.63 bits per heavy atom. The number of halogens is 1. The van der Waals surface area contributed by atoms with Gasteiger partial charge in [0.25, 0.3) is 0 Å². The molecule has 106 valence electrons. The van der Waals surface area contributed by atoms with Gasteiger partial charge in [-0.25, -0.2) is 0 Å². The van der Waals surface area contributed by atoms with Crippen LogP contribution < -0.4 is 11.3 Å². The van der Waals surface area contributed by atoms with Crippen LogP contribution in [0.3, 0.4) is 0 Å². The van der Waals surface area contributed by atoms with Crippen molar-refractivity contribution in [2.24, 2.45) is 23.6 Å². The van der Waals surface area contributed by atoms with Crippen molar-refractivity contribution in [3.8, 4) is 0 Å². The first kappa shape index (κ1) is 13.9. The van der Waals surface area contributed by atoms with Gasteiger partial charge in [-0.1, -0.05) is 37.3 Å². The largest absolute Gasteiger partial charge is 0.271 e. The van der Waals surface area contributed by atoms with Gasteiger partial charge in [0.05, 0.1) is 10.4 Å². The molecule has 2 aliphatic rings. The van der Waals surface area contributed by atoms with Crippen LogP contribution in [-0.2, 0) is 0 Å². The minimum atomic E-state index is 0.292. The van der Waals surface area contributed by atoms with Crippen LogP contribution in [0, 0.1) is 17.8 Å². The lowest BCUT2D eigenvalue weighted by molar-refractivity contribution is 0.110. The molecule has 4 atom stereocenters. The second-order valence-corrected chi connectivity index (χ2v) is 7.91. The first-order valence-corrected chi connectivity index (χ1v) is 8.68. The van der Waals surface area contributed by atoms with Crippen LogP contribution in [0.25, 0.3) is 0 Å². The smallest absolute Gasteiger partial charge is 0.0931 e. The summed E-state index contributed by atoms with van der Waals surface area (Å²) in [7, 11) is 0. The molecule has 1 heterocycles. The molecular formula is C15H23ClN2S. The number of fused-ring (bicyclic) bond motifs is 1. The van der Waals surface area contributed by atoms with Crippen LogP contribution in [0.4, 0.5) is 0 Å². The third kappa shape index (κ3) is 2.99. The zero-order chi connectivity index (χ0) is 13.2. The van der Waals surface area contributed by atoms with Gasteiger partial charge in [0.1, 0.15) is 0 Å². The van der Waals surface area contributed by atoms with Crippen LogP contribution in [0.1, 0.15) is 55.9 Å². The van der Waals surface area contributed by atoms with Crippen molar-refractivity contribution in [2.45, 2.75) is 51.0 Å². The Morgan fingerprint density at radius 1 is 1.16 bits per heavy atom. The minimum Gasteiger partial charge on any atom is -0.271 e. The van der Waals surface area contributed by atoms with Gasteiger partial charge in [-0.2, -0.15) is 0 Å². The monoisotopic (exact) mass is 298 g/mol. The summed E-state index contributed by atoms with van der Waals surface area (Å²) in [5.74, 6) is 8.45. The lowest BCUT2D eigenvalue weighted by atomic mass is 9.66. The Balaban J connectivity index is 1.70. The molecule has 2 nitrogen and oxygen atoms in total. The molecule has 2 aliphatic carbocycles. The number of hydrogen-bond donors (Lipinski definition) is 2. The molecule has 2 saturated carbocycles. The molecule has 1 aromatic rings. The van der Waals surface area contributed by atoms with E-state index in [-0.39, 0.29) is 0 Å². The molecule has 3 rings (SSSR count). The molecule has 1 aromatic heterocycles. The van der Waals surface area contributed by atoms with E-state index in [4.69, 9.17) is 17.4 Å². The maximum Gasteiger partial charge on any atom is 0.0931 e. The first-order valence-electron chi connectivity index (χ1n) is 7.49. The van der Waals surface area contributed by atoms with Crippen molar-refractivity contribution in [1.29, 1.82) is 0 Å². The summed E-state index contributed by atoms with van der Waals surface area (Å²) >= 11 is 7.73. The maximum absolute atomic E-state index is 6.06. The van der Waals surface area contributed by atoms with Crippen LogP contribution in [0.5, 0.6) is 0 Å². The summed E-state index contributed by atoms with van der Waals surface area (Å²) in [6, 6.07) is 4.41. The average molecular weight is 299 g/mol. The summed E-state index contributed by atoms with van der Waals surface area (Å²) < 4.78 is 0.863. The van der Waals surface area contributed by atoms with Crippen LogP contribution >= 0.6 is 22.9 Å². The standard InChI is InChI=1S/C15H23ClN2S/c16-14-8-7-13(19-14)15(18-17)12-6-5-10-3-1-2-4-11(10)9-12/h7-8,10-12,15,18H,1-6,9,17H2. The quantitative estimate of drug-likeness (QED) is 0.636. The lowest BCUT2D eigenvalue weighted by Gasteiger charge is -2.41. The van der Waals surface area contributed by atoms with Crippen LogP contribution in [0.15, 0.2) is 12.1 Å². The topological polar surface area (TPSA) is 38.0 Å². The van der Waals surface area contributed by atoms with Gasteiger partial charge in [-0.3, -0.25) is 11.3 Å². The van der Waals surface area contributed by atoms with Crippen LogP contribution in [-0.4, -0.2) is 0 Å². The van der Waals surface area contributed by atoms with Gasteiger partial charge in [-0.15, -0.1) is 11.3 Å². The molecule has 4 unspecified atom stereocenters. The van der Waals surface area contributed by atoms with E-state index in [9.17, 15) is 0 Å². The Morgan fingerprint density at radius 2 is 1.95 bits per heavy atom. The number of hydrogen-bond acceptors (Lipinski definition) is 3. The predicted molar refractivity (Wildman–Crippen MR) is 82.2 cm³/mol. The minimum absolute atomic E-state index is 0.292. The predicted octanol–water partition coefficient (Wildman–Crippen LogP) is 4.51. The van der Waals surface area contributed by atoms with E-state index >= 15 is 0 Å². The van der Waals surface area contributed by atoms with Gasteiger partial charge < -0.3 is 0 Å². The van der Waals surface area contributed by atoms with Gasteiger partial charge in [0, 0.05) is 4.88 Å². The van der Waals surface area contributed by atoms with Crippen molar-refractivity contribution >= 4 is 22.9 Å². The number of nitrogens with two attached hydrogens (primary N) is 1. The molecule has 0 radical (unpaired) electrons. The van der Waals surface area contributed by atoms with E-state index in [0.717, 1.165) is 16.2 Å². The molecule has 0 bridgehead atoms. The highest BCUT2D eigenvalue weighted by molar-refractivity contribution is 7.16. The van der Waals surface area contributed by atoms with E-state index in [1.165, 1.54) is 49.8 Å². The summed E-state index contributed by atoms with van der Waals surface area (Å²) in [6.45, 7) is 0. The van der Waals surface area contributed by atoms with E-state index in [1.807, 2.05) is 6.07 Å². The van der Waals surface area contributed by atoms with Crippen molar-refractivity contribution in [3.63, 3.8) is 0 Å². The van der Waals surface area contributed by atoms with Crippen LogP contribution in [0.2, 0.25) is 4.34 Å². The molecule has 0 aliphatic heterocycles. The highest BCUT2D eigenvalue weighted by Gasteiger charge is 2.35. The number of hydrazine groups is 1. The van der Waals surface area contributed by atoms with Crippen molar-refractivity contribution in [3.05, 3.63) is 21.3 Å². The van der Waals surface area contributed by atoms with Crippen molar-refractivity contribution in [1.82, 2.24) is 5.43 Å². The zero-order valence-corrected chi connectivity index (χ0v) is 12.8. The summed E-state index contributed by atoms with van der Waals surface area (Å²) in [5.41, 5.74) is 3.05. The van der Waals surface area contributed by atoms with Crippen molar-refractivity contribution in [2.75, 3.05) is 0 Å². The van der Waals surface area contributed by atoms with Gasteiger partial charge >= 0.3 is 0 Å². The normalized spacial score (nSPS) is 32.8. The molecule has 4 heteroatoms. The molecule has 2 fully saturated rings.